The zero-order chi connectivity index (χ0) is 16.7. The summed E-state index contributed by atoms with van der Waals surface area (Å²) in [5, 5.41) is 6.42. The fraction of sp³-hybridized carbons (Fsp3) is 0.118. The Labute approximate surface area is 133 Å². The molecule has 5 nitrogen and oxygen atoms in total. The van der Waals surface area contributed by atoms with Gasteiger partial charge in [-0.15, -0.1) is 0 Å². The molecular weight excluding hydrogens is 297 g/mol. The van der Waals surface area contributed by atoms with Crippen LogP contribution in [-0.4, -0.2) is 18.0 Å². The minimum atomic E-state index is -0.425. The van der Waals surface area contributed by atoms with Crippen LogP contribution in [0, 0.1) is 5.82 Å². The van der Waals surface area contributed by atoms with Gasteiger partial charge in [-0.05, 0) is 30.3 Å². The Morgan fingerprint density at radius 1 is 1.13 bits per heavy atom. The summed E-state index contributed by atoms with van der Waals surface area (Å²) in [7, 11) is 0. The Morgan fingerprint density at radius 3 is 2.48 bits per heavy atom. The van der Waals surface area contributed by atoms with E-state index in [-0.39, 0.29) is 11.5 Å². The lowest BCUT2D eigenvalue weighted by Crippen LogP contribution is -2.17. The van der Waals surface area contributed by atoms with E-state index in [9.17, 15) is 14.0 Å². The number of amides is 2. The molecule has 0 spiro atoms. The van der Waals surface area contributed by atoms with Crippen molar-refractivity contribution in [2.45, 2.75) is 13.3 Å². The number of hydrogen-bond acceptors (Lipinski definition) is 3. The minimum absolute atomic E-state index is 0.100. The average molecular weight is 313 g/mol. The molecule has 118 valence electrons. The average Bonchev–Trinajstić information content (AvgIpc) is 2.57. The second kappa shape index (κ2) is 7.84. The molecule has 0 aromatic heterocycles. The molecule has 0 heterocycles. The third-order valence-electron chi connectivity index (χ3n) is 3.03. The van der Waals surface area contributed by atoms with E-state index in [1.165, 1.54) is 12.3 Å². The van der Waals surface area contributed by atoms with Crippen molar-refractivity contribution in [3.63, 3.8) is 0 Å². The number of nitrogens with one attached hydrogen (secondary N) is 2. The predicted molar refractivity (Wildman–Crippen MR) is 86.8 cm³/mol. The van der Waals surface area contributed by atoms with E-state index in [1.807, 2.05) is 0 Å². The van der Waals surface area contributed by atoms with Crippen molar-refractivity contribution in [3.8, 4) is 0 Å². The lowest BCUT2D eigenvalue weighted by Gasteiger charge is -2.04. The Bertz CT molecular complexity index is 727. The number of nitrogens with zero attached hydrogens (tertiary/aromatic N) is 1. The van der Waals surface area contributed by atoms with Gasteiger partial charge in [0, 0.05) is 23.2 Å². The highest BCUT2D eigenvalue weighted by molar-refractivity contribution is 5.96. The van der Waals surface area contributed by atoms with E-state index in [0.717, 1.165) is 0 Å². The van der Waals surface area contributed by atoms with E-state index in [0.29, 0.717) is 17.7 Å². The van der Waals surface area contributed by atoms with Crippen LogP contribution in [-0.2, 0) is 4.79 Å². The van der Waals surface area contributed by atoms with Crippen LogP contribution in [0.1, 0.15) is 29.3 Å². The fourth-order valence-corrected chi connectivity index (χ4v) is 1.76. The summed E-state index contributed by atoms with van der Waals surface area (Å²) < 4.78 is 13.4. The van der Waals surface area contributed by atoms with Crippen LogP contribution in [0.2, 0.25) is 0 Å². The van der Waals surface area contributed by atoms with E-state index in [1.54, 1.807) is 49.4 Å². The smallest absolute Gasteiger partial charge is 0.271 e. The van der Waals surface area contributed by atoms with Gasteiger partial charge in [-0.1, -0.05) is 25.1 Å². The van der Waals surface area contributed by atoms with Crippen molar-refractivity contribution >= 4 is 23.7 Å². The van der Waals surface area contributed by atoms with Gasteiger partial charge in [0.05, 0.1) is 6.21 Å². The summed E-state index contributed by atoms with van der Waals surface area (Å²) in [6.07, 6.45) is 1.62. The molecule has 0 aliphatic rings. The molecule has 6 heteroatoms. The molecule has 2 N–H and O–H groups in total. The van der Waals surface area contributed by atoms with E-state index in [2.05, 4.69) is 15.8 Å². The molecule has 2 amide bonds. The number of halogens is 1. The molecule has 0 bridgehead atoms. The summed E-state index contributed by atoms with van der Waals surface area (Å²) in [6, 6.07) is 12.5. The van der Waals surface area contributed by atoms with Crippen LogP contribution in [0.15, 0.2) is 53.6 Å². The van der Waals surface area contributed by atoms with Gasteiger partial charge in [0.15, 0.2) is 0 Å². The van der Waals surface area contributed by atoms with Crippen molar-refractivity contribution in [1.82, 2.24) is 5.43 Å². The van der Waals surface area contributed by atoms with E-state index < -0.39 is 11.7 Å². The Balaban J connectivity index is 1.96. The Hall–Kier alpha value is -3.02. The molecule has 0 atom stereocenters. The number of anilines is 1. The molecular formula is C17H16FN3O2. The summed E-state index contributed by atoms with van der Waals surface area (Å²) in [5.41, 5.74) is 3.60. The molecule has 0 saturated carbocycles. The van der Waals surface area contributed by atoms with Gasteiger partial charge in [-0.2, -0.15) is 5.10 Å². The molecule has 0 saturated heterocycles. The first-order valence-corrected chi connectivity index (χ1v) is 7.08. The molecule has 2 aromatic rings. The van der Waals surface area contributed by atoms with Crippen LogP contribution in [0.5, 0.6) is 0 Å². The number of rotatable bonds is 5. The second-order valence-electron chi connectivity index (χ2n) is 4.70. The number of hydrogen-bond donors (Lipinski definition) is 2. The van der Waals surface area contributed by atoms with Gasteiger partial charge in [-0.25, -0.2) is 9.82 Å². The lowest BCUT2D eigenvalue weighted by atomic mass is 10.2. The highest BCUT2D eigenvalue weighted by Gasteiger charge is 2.05. The summed E-state index contributed by atoms with van der Waals surface area (Å²) in [5.74, 6) is -0.941. The first-order valence-electron chi connectivity index (χ1n) is 7.08. The summed E-state index contributed by atoms with van der Waals surface area (Å²) >= 11 is 0. The zero-order valence-electron chi connectivity index (χ0n) is 12.5. The SMILES string of the molecule is CCC(=O)Nc1ccc(C(=O)NN=Cc2ccccc2F)cc1. The third-order valence-corrected chi connectivity index (χ3v) is 3.03. The lowest BCUT2D eigenvalue weighted by molar-refractivity contribution is -0.115. The number of benzene rings is 2. The number of carbonyl (C=O) groups is 2. The molecule has 2 aromatic carbocycles. The topological polar surface area (TPSA) is 70.6 Å². The van der Waals surface area contributed by atoms with Crippen molar-refractivity contribution in [2.75, 3.05) is 5.32 Å². The highest BCUT2D eigenvalue weighted by atomic mass is 19.1. The summed E-state index contributed by atoms with van der Waals surface area (Å²) in [4.78, 5) is 23.2. The maximum atomic E-state index is 13.4. The minimum Gasteiger partial charge on any atom is -0.326 e. The number of carbonyl (C=O) groups excluding carboxylic acids is 2. The van der Waals surface area contributed by atoms with Gasteiger partial charge in [0.25, 0.3) is 5.91 Å². The molecule has 23 heavy (non-hydrogen) atoms. The van der Waals surface area contributed by atoms with E-state index in [4.69, 9.17) is 0 Å². The van der Waals surface area contributed by atoms with E-state index >= 15 is 0 Å². The van der Waals surface area contributed by atoms with Crippen molar-refractivity contribution < 1.29 is 14.0 Å². The van der Waals surface area contributed by atoms with Gasteiger partial charge in [0.2, 0.25) is 5.91 Å². The molecule has 0 unspecified atom stereocenters. The van der Waals surface area contributed by atoms with Crippen LogP contribution in [0.4, 0.5) is 10.1 Å². The van der Waals surface area contributed by atoms with Crippen LogP contribution < -0.4 is 10.7 Å². The molecule has 0 aliphatic heterocycles. The van der Waals surface area contributed by atoms with Crippen molar-refractivity contribution in [3.05, 3.63) is 65.5 Å². The highest BCUT2D eigenvalue weighted by Crippen LogP contribution is 2.10. The normalized spacial score (nSPS) is 10.5. The van der Waals surface area contributed by atoms with Crippen LogP contribution in [0.3, 0.4) is 0 Å². The van der Waals surface area contributed by atoms with Gasteiger partial charge < -0.3 is 5.32 Å². The summed E-state index contributed by atoms with van der Waals surface area (Å²) in [6.45, 7) is 1.75. The van der Waals surface area contributed by atoms with Gasteiger partial charge in [-0.3, -0.25) is 9.59 Å². The number of hydrazone groups is 1. The monoisotopic (exact) mass is 313 g/mol. The zero-order valence-corrected chi connectivity index (χ0v) is 12.5. The Morgan fingerprint density at radius 2 is 1.83 bits per heavy atom. The quantitative estimate of drug-likeness (QED) is 0.658. The fourth-order valence-electron chi connectivity index (χ4n) is 1.76. The first kappa shape index (κ1) is 16.4. The van der Waals surface area contributed by atoms with Gasteiger partial charge >= 0.3 is 0 Å². The molecule has 0 fully saturated rings. The molecule has 0 aliphatic carbocycles. The standard InChI is InChI=1S/C17H16FN3O2/c1-2-16(22)20-14-9-7-12(8-10-14)17(23)21-19-11-13-5-3-4-6-15(13)18/h3-11H,2H2,1H3,(H,20,22)(H,21,23). The van der Waals surface area contributed by atoms with Crippen LogP contribution >= 0.6 is 0 Å². The van der Waals surface area contributed by atoms with Crippen LogP contribution in [0.25, 0.3) is 0 Å². The molecule has 0 radical (unpaired) electrons. The van der Waals surface area contributed by atoms with Crippen molar-refractivity contribution in [1.29, 1.82) is 0 Å². The first-order chi connectivity index (χ1) is 11.1. The molecule has 2 rings (SSSR count). The maximum Gasteiger partial charge on any atom is 0.271 e. The predicted octanol–water partition coefficient (Wildman–Crippen LogP) is 2.94. The van der Waals surface area contributed by atoms with Gasteiger partial charge in [0.1, 0.15) is 5.82 Å². The second-order valence-corrected chi connectivity index (χ2v) is 4.70. The van der Waals surface area contributed by atoms with Crippen molar-refractivity contribution in [2.24, 2.45) is 5.10 Å². The third kappa shape index (κ3) is 4.74. The maximum absolute atomic E-state index is 13.4. The largest absolute Gasteiger partial charge is 0.326 e. The Kier molecular flexibility index (Phi) is 5.57.